The van der Waals surface area contributed by atoms with Crippen molar-refractivity contribution in [3.63, 3.8) is 0 Å². The van der Waals surface area contributed by atoms with Crippen LogP contribution in [0.2, 0.25) is 5.15 Å². The van der Waals surface area contributed by atoms with Crippen LogP contribution in [-0.2, 0) is 25.5 Å². The SMILES string of the molecule is N[C@@H]1C[C@H](N)CN(C(=O)C2CCC(C(F)(F)c3cc(Cl)nc(N4CCN(S(=O)(=O)c5ccc(N6CCCC6=O)cc5)CC4)c3)CC2)C1. The Morgan fingerprint density at radius 2 is 1.57 bits per heavy atom. The van der Waals surface area contributed by atoms with Crippen molar-refractivity contribution < 1.29 is 26.8 Å². The Balaban J connectivity index is 1.07. The van der Waals surface area contributed by atoms with Crippen LogP contribution in [0, 0.1) is 11.8 Å². The highest BCUT2D eigenvalue weighted by molar-refractivity contribution is 7.89. The molecule has 4 N–H and O–H groups in total. The molecule has 6 rings (SSSR count). The van der Waals surface area contributed by atoms with Crippen molar-refractivity contribution in [1.82, 2.24) is 14.2 Å². The van der Waals surface area contributed by atoms with Crippen LogP contribution in [0.4, 0.5) is 20.3 Å². The van der Waals surface area contributed by atoms with Crippen molar-refractivity contribution in [3.8, 4) is 0 Å². The first-order chi connectivity index (χ1) is 22.3. The number of carbonyl (C=O) groups is 2. The zero-order chi connectivity index (χ0) is 33.5. The number of aromatic nitrogens is 1. The quantitative estimate of drug-likeness (QED) is 0.421. The number of hydrogen-bond acceptors (Lipinski definition) is 8. The minimum Gasteiger partial charge on any atom is -0.354 e. The second kappa shape index (κ2) is 13.5. The standard InChI is InChI=1S/C32H42ClF2N7O4S/c33-28-16-23(32(34,35)22-5-3-21(4-6-22)31(44)40-19-24(36)18-25(37)20-40)17-29(38-28)39-12-14-41(15-13-39)47(45,46)27-9-7-26(8-10-27)42-11-1-2-30(42)43/h7-10,16-17,21-22,24-25H,1-6,11-15,18-20,36-37H2/t21?,22?,24-,25+. The molecule has 11 nitrogen and oxygen atoms in total. The highest BCUT2D eigenvalue weighted by Gasteiger charge is 2.45. The number of carbonyl (C=O) groups excluding carboxylic acids is 2. The molecule has 0 bridgehead atoms. The van der Waals surface area contributed by atoms with Gasteiger partial charge in [0.25, 0.3) is 5.92 Å². The predicted molar refractivity (Wildman–Crippen MR) is 175 cm³/mol. The molecule has 3 aliphatic heterocycles. The van der Waals surface area contributed by atoms with Crippen molar-refractivity contribution >= 4 is 44.9 Å². The van der Waals surface area contributed by atoms with Crippen LogP contribution in [0.5, 0.6) is 0 Å². The van der Waals surface area contributed by atoms with Gasteiger partial charge >= 0.3 is 0 Å². The zero-order valence-corrected chi connectivity index (χ0v) is 27.8. The number of halogens is 3. The van der Waals surface area contributed by atoms with Crippen molar-refractivity contribution in [2.24, 2.45) is 23.3 Å². The number of sulfonamides is 1. The van der Waals surface area contributed by atoms with Crippen molar-refractivity contribution in [3.05, 3.63) is 47.1 Å². The Labute approximate surface area is 279 Å². The van der Waals surface area contributed by atoms with Crippen molar-refractivity contribution in [2.45, 2.75) is 67.8 Å². The smallest absolute Gasteiger partial charge is 0.276 e. The molecule has 1 aliphatic carbocycles. The van der Waals surface area contributed by atoms with E-state index in [1.165, 1.54) is 28.6 Å². The fourth-order valence-electron chi connectivity index (χ4n) is 7.42. The van der Waals surface area contributed by atoms with E-state index in [2.05, 4.69) is 4.98 Å². The van der Waals surface area contributed by atoms with Crippen LogP contribution >= 0.6 is 11.6 Å². The van der Waals surface area contributed by atoms with Gasteiger partial charge in [-0.1, -0.05) is 11.6 Å². The summed E-state index contributed by atoms with van der Waals surface area (Å²) in [6.45, 7) is 2.26. The fourth-order valence-corrected chi connectivity index (χ4v) is 9.05. The van der Waals surface area contributed by atoms with Gasteiger partial charge in [-0.15, -0.1) is 0 Å². The summed E-state index contributed by atoms with van der Waals surface area (Å²) in [7, 11) is -3.80. The average Bonchev–Trinajstić information content (AvgIpc) is 3.49. The molecule has 256 valence electrons. The lowest BCUT2D eigenvalue weighted by Gasteiger charge is -2.39. The summed E-state index contributed by atoms with van der Waals surface area (Å²) < 4.78 is 60.1. The molecule has 0 spiro atoms. The van der Waals surface area contributed by atoms with Gasteiger partial charge in [-0.2, -0.15) is 4.31 Å². The maximum Gasteiger partial charge on any atom is 0.276 e. The van der Waals surface area contributed by atoms with Gasteiger partial charge in [0.2, 0.25) is 21.8 Å². The molecule has 1 aromatic heterocycles. The van der Waals surface area contributed by atoms with E-state index in [0.29, 0.717) is 51.0 Å². The molecule has 2 atom stereocenters. The van der Waals surface area contributed by atoms with Crippen LogP contribution in [0.1, 0.15) is 50.5 Å². The number of likely N-dealkylation sites (tertiary alicyclic amines) is 1. The topological polar surface area (TPSA) is 146 Å². The third kappa shape index (κ3) is 7.12. The molecule has 2 aromatic rings. The first kappa shape index (κ1) is 34.0. The minimum absolute atomic E-state index is 0.0244. The third-order valence-electron chi connectivity index (χ3n) is 10.0. The summed E-state index contributed by atoms with van der Waals surface area (Å²) in [5.74, 6) is -4.23. The molecule has 1 aromatic carbocycles. The zero-order valence-electron chi connectivity index (χ0n) is 26.2. The van der Waals surface area contributed by atoms with E-state index in [0.717, 1.165) is 6.42 Å². The van der Waals surface area contributed by atoms with Crippen molar-refractivity contribution in [1.29, 1.82) is 0 Å². The van der Waals surface area contributed by atoms with E-state index in [9.17, 15) is 18.0 Å². The second-order valence-corrected chi connectivity index (χ2v) is 15.6. The molecular weight excluding hydrogens is 652 g/mol. The predicted octanol–water partition coefficient (Wildman–Crippen LogP) is 3.16. The fraction of sp³-hybridized carbons (Fsp3) is 0.594. The highest BCUT2D eigenvalue weighted by Crippen LogP contribution is 2.46. The molecule has 1 saturated carbocycles. The lowest BCUT2D eigenvalue weighted by molar-refractivity contribution is -0.140. The molecule has 4 fully saturated rings. The number of nitrogens with two attached hydrogens (primary N) is 2. The number of rotatable bonds is 7. The molecule has 4 aliphatic rings. The van der Waals surface area contributed by atoms with Gasteiger partial charge < -0.3 is 26.2 Å². The lowest BCUT2D eigenvalue weighted by atomic mass is 9.76. The number of piperazine rings is 1. The maximum atomic E-state index is 16.0. The van der Waals surface area contributed by atoms with Gasteiger partial charge in [0.05, 0.1) is 4.90 Å². The van der Waals surface area contributed by atoms with Crippen LogP contribution < -0.4 is 21.3 Å². The van der Waals surface area contributed by atoms with Crippen LogP contribution in [0.25, 0.3) is 0 Å². The Hall–Kier alpha value is -2.91. The summed E-state index contributed by atoms with van der Waals surface area (Å²) in [6.07, 6.45) is 3.03. The summed E-state index contributed by atoms with van der Waals surface area (Å²) >= 11 is 6.27. The van der Waals surface area contributed by atoms with Crippen LogP contribution in [0.15, 0.2) is 41.3 Å². The Kier molecular flexibility index (Phi) is 9.79. The largest absolute Gasteiger partial charge is 0.354 e. The number of benzene rings is 1. The molecule has 47 heavy (non-hydrogen) atoms. The Morgan fingerprint density at radius 1 is 0.936 bits per heavy atom. The number of pyridine rings is 1. The normalized spacial score (nSPS) is 26.6. The Morgan fingerprint density at radius 3 is 2.17 bits per heavy atom. The Bertz CT molecular complexity index is 1570. The molecule has 0 radical (unpaired) electrons. The molecule has 2 amide bonds. The van der Waals surface area contributed by atoms with Gasteiger partial charge in [0, 0.05) is 87.4 Å². The summed E-state index contributed by atoms with van der Waals surface area (Å²) in [4.78, 5) is 34.7. The molecule has 0 unspecified atom stereocenters. The molecule has 3 saturated heterocycles. The number of piperidine rings is 1. The van der Waals surface area contributed by atoms with Gasteiger partial charge in [-0.05, 0) is 74.9 Å². The van der Waals surface area contributed by atoms with Crippen LogP contribution in [0.3, 0.4) is 0 Å². The number of amides is 2. The monoisotopic (exact) mass is 693 g/mol. The summed E-state index contributed by atoms with van der Waals surface area (Å²) in [6, 6.07) is 8.51. The van der Waals surface area contributed by atoms with Gasteiger partial charge in [-0.3, -0.25) is 9.59 Å². The molecular formula is C32H42ClF2N7O4S. The van der Waals surface area contributed by atoms with E-state index in [1.54, 1.807) is 26.8 Å². The van der Waals surface area contributed by atoms with Gasteiger partial charge in [-0.25, -0.2) is 22.2 Å². The molecule has 15 heteroatoms. The maximum absolute atomic E-state index is 16.0. The summed E-state index contributed by atoms with van der Waals surface area (Å²) in [5, 5.41) is -0.0644. The van der Waals surface area contributed by atoms with E-state index in [1.807, 2.05) is 0 Å². The number of hydrogen-bond donors (Lipinski definition) is 2. The summed E-state index contributed by atoms with van der Waals surface area (Å²) in [5.41, 5.74) is 12.5. The van der Waals surface area contributed by atoms with Crippen molar-refractivity contribution in [2.75, 3.05) is 55.6 Å². The lowest BCUT2D eigenvalue weighted by Crippen LogP contribution is -2.55. The van der Waals surface area contributed by atoms with Gasteiger partial charge in [0.1, 0.15) is 11.0 Å². The third-order valence-corrected chi connectivity index (χ3v) is 12.1. The van der Waals surface area contributed by atoms with E-state index < -0.39 is 21.9 Å². The van der Waals surface area contributed by atoms with Crippen LogP contribution in [-0.4, -0.2) is 92.3 Å². The molecule has 4 heterocycles. The first-order valence-corrected chi connectivity index (χ1v) is 18.2. The van der Waals surface area contributed by atoms with E-state index in [4.69, 9.17) is 23.1 Å². The minimum atomic E-state index is -3.80. The first-order valence-electron chi connectivity index (χ1n) is 16.3. The van der Waals surface area contributed by atoms with E-state index >= 15 is 8.78 Å². The number of anilines is 2. The highest BCUT2D eigenvalue weighted by atomic mass is 35.5. The average molecular weight is 694 g/mol. The number of alkyl halides is 2. The number of nitrogens with zero attached hydrogens (tertiary/aromatic N) is 5. The van der Waals surface area contributed by atoms with Gasteiger partial charge in [0.15, 0.2) is 0 Å². The second-order valence-electron chi connectivity index (χ2n) is 13.2. The van der Waals surface area contributed by atoms with E-state index in [-0.39, 0.29) is 90.3 Å².